The third kappa shape index (κ3) is 7.92. The van der Waals surface area contributed by atoms with Gasteiger partial charge in [0, 0.05) is 31.3 Å². The SMILES string of the molecule is NC(=O)[C@H](Cc1ccccc1)NC(=O)[C@@H]1CCCN1C(=O)[C@H](Cc1cnc[nH]1)NC(=O)[C@@H](N)Cc1ccc(O)cc1. The van der Waals surface area contributed by atoms with Gasteiger partial charge in [-0.15, -0.1) is 0 Å². The quantitative estimate of drug-likeness (QED) is 0.178. The Morgan fingerprint density at radius 2 is 1.68 bits per heavy atom. The van der Waals surface area contributed by atoms with Gasteiger partial charge in [0.2, 0.25) is 23.6 Å². The summed E-state index contributed by atoms with van der Waals surface area (Å²) in [6.07, 6.45) is 4.53. The monoisotopic (exact) mass is 561 g/mol. The van der Waals surface area contributed by atoms with Crippen LogP contribution in [0.3, 0.4) is 0 Å². The van der Waals surface area contributed by atoms with Crippen molar-refractivity contribution in [1.29, 1.82) is 0 Å². The van der Waals surface area contributed by atoms with E-state index in [1.807, 2.05) is 30.3 Å². The van der Waals surface area contributed by atoms with Crippen molar-refractivity contribution in [2.75, 3.05) is 6.54 Å². The summed E-state index contributed by atoms with van der Waals surface area (Å²) >= 11 is 0. The van der Waals surface area contributed by atoms with Crippen molar-refractivity contribution in [3.8, 4) is 5.75 Å². The Morgan fingerprint density at radius 3 is 2.34 bits per heavy atom. The van der Waals surface area contributed by atoms with Crippen LogP contribution in [0.4, 0.5) is 0 Å². The van der Waals surface area contributed by atoms with Crippen LogP contribution in [0, 0.1) is 0 Å². The van der Waals surface area contributed by atoms with Crippen molar-refractivity contribution in [3.05, 3.63) is 83.9 Å². The first-order valence-corrected chi connectivity index (χ1v) is 13.5. The Morgan fingerprint density at radius 1 is 0.976 bits per heavy atom. The maximum atomic E-state index is 13.8. The van der Waals surface area contributed by atoms with E-state index in [-0.39, 0.29) is 25.0 Å². The number of nitrogens with one attached hydrogen (secondary N) is 3. The van der Waals surface area contributed by atoms with Crippen molar-refractivity contribution < 1.29 is 24.3 Å². The Kier molecular flexibility index (Phi) is 9.69. The van der Waals surface area contributed by atoms with Crippen LogP contribution < -0.4 is 22.1 Å². The highest BCUT2D eigenvalue weighted by Crippen LogP contribution is 2.20. The van der Waals surface area contributed by atoms with E-state index in [2.05, 4.69) is 20.6 Å². The summed E-state index contributed by atoms with van der Waals surface area (Å²) < 4.78 is 0. The molecule has 216 valence electrons. The van der Waals surface area contributed by atoms with E-state index >= 15 is 0 Å². The van der Waals surface area contributed by atoms with Gasteiger partial charge in [0.15, 0.2) is 0 Å². The Hall–Kier alpha value is -4.71. The molecule has 1 aliphatic rings. The first-order chi connectivity index (χ1) is 19.7. The lowest BCUT2D eigenvalue weighted by molar-refractivity contribution is -0.142. The first-order valence-electron chi connectivity index (χ1n) is 13.5. The zero-order chi connectivity index (χ0) is 29.4. The highest BCUT2D eigenvalue weighted by atomic mass is 16.3. The average Bonchev–Trinajstić information content (AvgIpc) is 3.66. The molecule has 1 aromatic heterocycles. The number of imidazole rings is 1. The number of nitrogens with zero attached hydrogens (tertiary/aromatic N) is 2. The van der Waals surface area contributed by atoms with Gasteiger partial charge >= 0.3 is 0 Å². The van der Waals surface area contributed by atoms with Crippen molar-refractivity contribution in [3.63, 3.8) is 0 Å². The number of nitrogens with two attached hydrogens (primary N) is 2. The summed E-state index contributed by atoms with van der Waals surface area (Å²) in [6.45, 7) is 0.311. The van der Waals surface area contributed by atoms with E-state index in [9.17, 15) is 24.3 Å². The van der Waals surface area contributed by atoms with Gasteiger partial charge in [-0.2, -0.15) is 0 Å². The van der Waals surface area contributed by atoms with Crippen LogP contribution in [0.5, 0.6) is 5.75 Å². The number of amides is 4. The lowest BCUT2D eigenvalue weighted by Gasteiger charge is -2.30. The van der Waals surface area contributed by atoms with E-state index < -0.39 is 47.8 Å². The third-order valence-electron chi connectivity index (χ3n) is 7.10. The highest BCUT2D eigenvalue weighted by molar-refractivity contribution is 5.95. The van der Waals surface area contributed by atoms with Crippen molar-refractivity contribution >= 4 is 23.6 Å². The maximum absolute atomic E-state index is 13.8. The second-order valence-corrected chi connectivity index (χ2v) is 10.2. The molecule has 0 spiro atoms. The lowest BCUT2D eigenvalue weighted by Crippen LogP contribution is -2.58. The largest absolute Gasteiger partial charge is 0.508 e. The number of aromatic amines is 1. The number of hydrogen-bond donors (Lipinski definition) is 6. The van der Waals surface area contributed by atoms with Crippen molar-refractivity contribution in [1.82, 2.24) is 25.5 Å². The number of rotatable bonds is 12. The topological polar surface area (TPSA) is 197 Å². The number of H-pyrrole nitrogens is 1. The van der Waals surface area contributed by atoms with E-state index in [4.69, 9.17) is 11.5 Å². The summed E-state index contributed by atoms with van der Waals surface area (Å²) in [7, 11) is 0. The molecule has 41 heavy (non-hydrogen) atoms. The molecule has 12 heteroatoms. The molecule has 4 amide bonds. The van der Waals surface area contributed by atoms with Gasteiger partial charge in [-0.1, -0.05) is 42.5 Å². The van der Waals surface area contributed by atoms with E-state index in [0.29, 0.717) is 25.1 Å². The smallest absolute Gasteiger partial charge is 0.246 e. The number of benzene rings is 2. The van der Waals surface area contributed by atoms with E-state index in [0.717, 1.165) is 11.1 Å². The molecule has 1 fully saturated rings. The van der Waals surface area contributed by atoms with E-state index in [1.165, 1.54) is 23.4 Å². The molecule has 2 heterocycles. The minimum atomic E-state index is -1.02. The van der Waals surface area contributed by atoms with Crippen LogP contribution in [-0.2, 0) is 38.4 Å². The van der Waals surface area contributed by atoms with E-state index in [1.54, 1.807) is 18.3 Å². The molecule has 0 radical (unpaired) electrons. The molecule has 0 bridgehead atoms. The highest BCUT2D eigenvalue weighted by Gasteiger charge is 2.39. The minimum Gasteiger partial charge on any atom is -0.508 e. The van der Waals surface area contributed by atoms with Gasteiger partial charge in [0.25, 0.3) is 0 Å². The fraction of sp³-hybridized carbons (Fsp3) is 0.345. The molecule has 8 N–H and O–H groups in total. The number of aromatic nitrogens is 2. The number of phenolic OH excluding ortho intramolecular Hbond substituents is 1. The van der Waals surface area contributed by atoms with Crippen LogP contribution in [-0.4, -0.2) is 74.3 Å². The van der Waals surface area contributed by atoms with Crippen LogP contribution in [0.1, 0.15) is 29.7 Å². The Labute approximate surface area is 237 Å². The molecule has 4 atom stereocenters. The molecule has 0 saturated carbocycles. The second kappa shape index (κ2) is 13.6. The maximum Gasteiger partial charge on any atom is 0.246 e. The standard InChI is InChI=1S/C29H35N7O5/c30-22(13-19-8-10-21(37)11-9-19)27(39)35-24(15-20-16-32-17-33-20)29(41)36-12-4-7-25(36)28(40)34-23(26(31)38)14-18-5-2-1-3-6-18/h1-3,5-6,8-11,16-17,22-25,37H,4,7,12-15,30H2,(H2,31,38)(H,32,33)(H,34,40)(H,35,39)/t22-,23-,24-,25-/m0/s1. The summed E-state index contributed by atoms with van der Waals surface area (Å²) in [5.74, 6) is -2.03. The third-order valence-corrected chi connectivity index (χ3v) is 7.10. The van der Waals surface area contributed by atoms with Gasteiger partial charge in [-0.05, 0) is 42.5 Å². The summed E-state index contributed by atoms with van der Waals surface area (Å²) in [4.78, 5) is 60.7. The van der Waals surface area contributed by atoms with Gasteiger partial charge in [0.1, 0.15) is 23.9 Å². The molecule has 12 nitrogen and oxygen atoms in total. The molecule has 0 aliphatic carbocycles. The van der Waals surface area contributed by atoms with Crippen LogP contribution in [0.15, 0.2) is 67.1 Å². The molecule has 1 aliphatic heterocycles. The number of likely N-dealkylation sites (tertiary alicyclic amines) is 1. The fourth-order valence-corrected chi connectivity index (χ4v) is 4.92. The predicted molar refractivity (Wildman–Crippen MR) is 150 cm³/mol. The number of carbonyl (C=O) groups is 4. The van der Waals surface area contributed by atoms with Gasteiger partial charge in [0.05, 0.1) is 12.4 Å². The molecular weight excluding hydrogens is 526 g/mol. The van der Waals surface area contributed by atoms with Crippen LogP contribution >= 0.6 is 0 Å². The Balaban J connectivity index is 1.45. The Bertz CT molecular complexity index is 1330. The predicted octanol–water partition coefficient (Wildman–Crippen LogP) is -0.0836. The minimum absolute atomic E-state index is 0.100. The number of carbonyl (C=O) groups excluding carboxylic acids is 4. The lowest BCUT2D eigenvalue weighted by atomic mass is 10.0. The summed E-state index contributed by atoms with van der Waals surface area (Å²) in [5.41, 5.74) is 13.9. The van der Waals surface area contributed by atoms with Gasteiger partial charge in [-0.3, -0.25) is 19.2 Å². The van der Waals surface area contributed by atoms with Crippen LogP contribution in [0.25, 0.3) is 0 Å². The number of phenols is 1. The number of hydrogen-bond acceptors (Lipinski definition) is 7. The molecular formula is C29H35N7O5. The van der Waals surface area contributed by atoms with Gasteiger partial charge in [-0.25, -0.2) is 4.98 Å². The van der Waals surface area contributed by atoms with Crippen molar-refractivity contribution in [2.24, 2.45) is 11.5 Å². The first kappa shape index (κ1) is 29.3. The zero-order valence-corrected chi connectivity index (χ0v) is 22.5. The zero-order valence-electron chi connectivity index (χ0n) is 22.5. The summed E-state index contributed by atoms with van der Waals surface area (Å²) in [5, 5.41) is 15.0. The summed E-state index contributed by atoms with van der Waals surface area (Å²) in [6, 6.07) is 11.8. The fourth-order valence-electron chi connectivity index (χ4n) is 4.92. The second-order valence-electron chi connectivity index (χ2n) is 10.2. The molecule has 2 aromatic carbocycles. The molecule has 3 aromatic rings. The van der Waals surface area contributed by atoms with Crippen molar-refractivity contribution in [2.45, 2.75) is 56.3 Å². The number of aromatic hydroxyl groups is 1. The van der Waals surface area contributed by atoms with Gasteiger partial charge < -0.3 is 37.1 Å². The molecule has 0 unspecified atom stereocenters. The molecule has 4 rings (SSSR count). The molecule has 1 saturated heterocycles. The average molecular weight is 562 g/mol. The number of primary amides is 1. The van der Waals surface area contributed by atoms with Crippen LogP contribution in [0.2, 0.25) is 0 Å². The normalized spacial score (nSPS) is 16.9.